The van der Waals surface area contributed by atoms with Crippen molar-refractivity contribution < 1.29 is 4.79 Å². The molecule has 0 radical (unpaired) electrons. The summed E-state index contributed by atoms with van der Waals surface area (Å²) in [6, 6.07) is 20.3. The van der Waals surface area contributed by atoms with Crippen molar-refractivity contribution in [1.82, 2.24) is 0 Å². The summed E-state index contributed by atoms with van der Waals surface area (Å²) < 4.78 is 0. The van der Waals surface area contributed by atoms with Crippen molar-refractivity contribution in [2.75, 3.05) is 4.90 Å². The van der Waals surface area contributed by atoms with Crippen LogP contribution in [0.2, 0.25) is 0 Å². The highest BCUT2D eigenvalue weighted by molar-refractivity contribution is 6.04. The third kappa shape index (κ3) is 2.08. The van der Waals surface area contributed by atoms with Crippen molar-refractivity contribution in [2.24, 2.45) is 5.41 Å². The van der Waals surface area contributed by atoms with E-state index < -0.39 is 17.5 Å². The minimum atomic E-state index is -1.26. The van der Waals surface area contributed by atoms with Crippen molar-refractivity contribution in [1.29, 1.82) is 10.5 Å². The lowest BCUT2D eigenvalue weighted by Gasteiger charge is -2.35. The summed E-state index contributed by atoms with van der Waals surface area (Å²) in [6.07, 6.45) is 4.04. The van der Waals surface area contributed by atoms with Gasteiger partial charge in [0, 0.05) is 17.7 Å². The van der Waals surface area contributed by atoms with E-state index in [0.29, 0.717) is 5.56 Å². The maximum Gasteiger partial charge on any atom is 0.185 e. The second-order valence-electron chi connectivity index (χ2n) is 6.40. The first-order valence-corrected chi connectivity index (χ1v) is 8.17. The van der Waals surface area contributed by atoms with E-state index in [0.717, 1.165) is 11.3 Å². The highest BCUT2D eigenvalue weighted by atomic mass is 16.1. The standard InChI is InChI=1S/C21H15N3O/c22-13-17-12-21(14-23,20(25)16-7-2-1-3-8-16)19-11-10-15-6-4-5-9-18(15)24(17)19/h1-11,17,19H,12H2/t17-,19+,21-/m1/s1. The number of carbonyl (C=O) groups excluding carboxylic acids is 1. The molecular formula is C21H15N3O. The molecule has 0 bridgehead atoms. The number of nitriles is 2. The molecule has 4 nitrogen and oxygen atoms in total. The average molecular weight is 325 g/mol. The van der Waals surface area contributed by atoms with Crippen molar-refractivity contribution in [3.8, 4) is 12.1 Å². The van der Waals surface area contributed by atoms with E-state index in [4.69, 9.17) is 0 Å². The van der Waals surface area contributed by atoms with Gasteiger partial charge < -0.3 is 4.90 Å². The zero-order chi connectivity index (χ0) is 17.4. The first-order valence-electron chi connectivity index (χ1n) is 8.17. The van der Waals surface area contributed by atoms with Crippen LogP contribution in [-0.2, 0) is 0 Å². The minimum absolute atomic E-state index is 0.205. The molecular weight excluding hydrogens is 310 g/mol. The Morgan fingerprint density at radius 1 is 1.08 bits per heavy atom. The van der Waals surface area contributed by atoms with Crippen LogP contribution in [0.4, 0.5) is 5.69 Å². The number of fused-ring (bicyclic) bond motifs is 3. The number of carbonyl (C=O) groups is 1. The van der Waals surface area contributed by atoms with Gasteiger partial charge in [-0.05, 0) is 11.6 Å². The summed E-state index contributed by atoms with van der Waals surface area (Å²) in [5.74, 6) is -0.215. The normalized spacial score (nSPS) is 26.2. The molecule has 0 unspecified atom stereocenters. The number of anilines is 1. The summed E-state index contributed by atoms with van der Waals surface area (Å²) in [5, 5.41) is 19.7. The highest BCUT2D eigenvalue weighted by Crippen LogP contribution is 2.48. The Labute approximate surface area is 146 Å². The molecule has 2 aromatic rings. The fourth-order valence-electron chi connectivity index (χ4n) is 3.93. The fourth-order valence-corrected chi connectivity index (χ4v) is 3.93. The van der Waals surface area contributed by atoms with Crippen LogP contribution < -0.4 is 4.90 Å². The molecule has 0 amide bonds. The van der Waals surface area contributed by atoms with Gasteiger partial charge in [-0.1, -0.05) is 60.7 Å². The summed E-state index contributed by atoms with van der Waals surface area (Å²) in [7, 11) is 0. The van der Waals surface area contributed by atoms with Gasteiger partial charge in [-0.25, -0.2) is 0 Å². The van der Waals surface area contributed by atoms with Crippen LogP contribution in [0.25, 0.3) is 6.08 Å². The topological polar surface area (TPSA) is 67.9 Å². The smallest absolute Gasteiger partial charge is 0.185 e. The Bertz CT molecular complexity index is 951. The van der Waals surface area contributed by atoms with E-state index in [1.165, 1.54) is 0 Å². The average Bonchev–Trinajstić information content (AvgIpc) is 3.03. The molecule has 4 heteroatoms. The molecule has 0 aromatic heterocycles. The van der Waals surface area contributed by atoms with Crippen LogP contribution in [0.15, 0.2) is 60.7 Å². The fraction of sp³-hybridized carbons (Fsp3) is 0.190. The number of hydrogen-bond acceptors (Lipinski definition) is 4. The molecule has 1 fully saturated rings. The molecule has 120 valence electrons. The van der Waals surface area contributed by atoms with Crippen molar-refractivity contribution in [2.45, 2.75) is 18.5 Å². The SMILES string of the molecule is N#C[C@H]1C[C@](C#N)(C(=O)c2ccccc2)[C@@H]2C=Cc3ccccc3N21. The maximum absolute atomic E-state index is 13.2. The third-order valence-corrected chi connectivity index (χ3v) is 5.12. The number of ketones is 1. The zero-order valence-electron chi connectivity index (χ0n) is 13.5. The molecule has 0 N–H and O–H groups in total. The van der Waals surface area contributed by atoms with Crippen LogP contribution in [0.1, 0.15) is 22.3 Å². The monoisotopic (exact) mass is 325 g/mol. The number of rotatable bonds is 2. The second-order valence-corrected chi connectivity index (χ2v) is 6.40. The van der Waals surface area contributed by atoms with Crippen LogP contribution in [0.5, 0.6) is 0 Å². The lowest BCUT2D eigenvalue weighted by molar-refractivity contribution is 0.0860. The molecule has 2 aromatic carbocycles. The zero-order valence-corrected chi connectivity index (χ0v) is 13.5. The largest absolute Gasteiger partial charge is 0.346 e. The van der Waals surface area contributed by atoms with E-state index in [2.05, 4.69) is 12.1 Å². The van der Waals surface area contributed by atoms with Gasteiger partial charge in [0.1, 0.15) is 11.5 Å². The maximum atomic E-state index is 13.2. The van der Waals surface area contributed by atoms with Gasteiger partial charge in [-0.3, -0.25) is 4.79 Å². The van der Waals surface area contributed by atoms with Gasteiger partial charge in [-0.15, -0.1) is 0 Å². The lowest BCUT2D eigenvalue weighted by atomic mass is 9.74. The van der Waals surface area contributed by atoms with Gasteiger partial charge in [0.2, 0.25) is 0 Å². The Morgan fingerprint density at radius 3 is 2.52 bits per heavy atom. The first kappa shape index (κ1) is 15.2. The number of benzene rings is 2. The van der Waals surface area contributed by atoms with Gasteiger partial charge >= 0.3 is 0 Å². The second kappa shape index (κ2) is 5.61. The van der Waals surface area contributed by atoms with Crippen molar-refractivity contribution in [3.05, 3.63) is 71.8 Å². The van der Waals surface area contributed by atoms with E-state index in [-0.39, 0.29) is 12.2 Å². The number of nitrogens with zero attached hydrogens (tertiary/aromatic N) is 3. The van der Waals surface area contributed by atoms with Gasteiger partial charge in [0.05, 0.1) is 18.2 Å². The molecule has 0 aliphatic carbocycles. The van der Waals surface area contributed by atoms with Crippen molar-refractivity contribution >= 4 is 17.5 Å². The van der Waals surface area contributed by atoms with E-state index in [1.54, 1.807) is 24.3 Å². The van der Waals surface area contributed by atoms with Crippen LogP contribution in [-0.4, -0.2) is 17.9 Å². The van der Waals surface area contributed by atoms with Crippen molar-refractivity contribution in [3.63, 3.8) is 0 Å². The number of para-hydroxylation sites is 1. The quantitative estimate of drug-likeness (QED) is 0.792. The molecule has 0 spiro atoms. The highest BCUT2D eigenvalue weighted by Gasteiger charge is 2.57. The molecule has 4 rings (SSSR count). The van der Waals surface area contributed by atoms with Crippen LogP contribution in [0, 0.1) is 28.1 Å². The predicted molar refractivity (Wildman–Crippen MR) is 94.6 cm³/mol. The summed E-state index contributed by atoms with van der Waals surface area (Å²) in [4.78, 5) is 15.2. The molecule has 25 heavy (non-hydrogen) atoms. The molecule has 0 saturated carbocycles. The lowest BCUT2D eigenvalue weighted by Crippen LogP contribution is -2.45. The molecule has 2 aliphatic heterocycles. The van der Waals surface area contributed by atoms with E-state index >= 15 is 0 Å². The predicted octanol–water partition coefficient (Wildman–Crippen LogP) is 3.58. The third-order valence-electron chi connectivity index (χ3n) is 5.12. The summed E-state index contributed by atoms with van der Waals surface area (Å²) in [6.45, 7) is 0. The number of Topliss-reactive ketones (excluding diaryl/α,β-unsaturated/α-hetero) is 1. The van der Waals surface area contributed by atoms with E-state index in [9.17, 15) is 15.3 Å². The summed E-state index contributed by atoms with van der Waals surface area (Å²) in [5.41, 5.74) is 1.15. The Hall–Kier alpha value is -3.37. The van der Waals surface area contributed by atoms with Gasteiger partial charge in [0.25, 0.3) is 0 Å². The Balaban J connectivity index is 1.86. The molecule has 1 saturated heterocycles. The van der Waals surface area contributed by atoms with Gasteiger partial charge in [-0.2, -0.15) is 10.5 Å². The molecule has 2 heterocycles. The summed E-state index contributed by atoms with van der Waals surface area (Å²) >= 11 is 0. The Morgan fingerprint density at radius 2 is 1.80 bits per heavy atom. The molecule has 3 atom stereocenters. The van der Waals surface area contributed by atoms with Crippen LogP contribution in [0.3, 0.4) is 0 Å². The first-order chi connectivity index (χ1) is 12.2. The molecule has 2 aliphatic rings. The minimum Gasteiger partial charge on any atom is -0.346 e. The number of hydrogen-bond donors (Lipinski definition) is 0. The Kier molecular flexibility index (Phi) is 3.41. The van der Waals surface area contributed by atoms with Gasteiger partial charge in [0.15, 0.2) is 5.78 Å². The van der Waals surface area contributed by atoms with E-state index in [1.807, 2.05) is 47.4 Å². The van der Waals surface area contributed by atoms with Crippen LogP contribution >= 0.6 is 0 Å².